The number of carbonyl (C=O) groups excluding carboxylic acids is 2. The lowest BCUT2D eigenvalue weighted by atomic mass is 10.0. The van der Waals surface area contributed by atoms with E-state index in [1.807, 2.05) is 12.1 Å². The Balaban J connectivity index is 2.49. The summed E-state index contributed by atoms with van der Waals surface area (Å²) in [5, 5.41) is 9.48. The van der Waals surface area contributed by atoms with Crippen molar-refractivity contribution in [3.8, 4) is 0 Å². The lowest BCUT2D eigenvalue weighted by Gasteiger charge is -2.06. The minimum absolute atomic E-state index is 0.149. The summed E-state index contributed by atoms with van der Waals surface area (Å²) in [6, 6.07) is 10.4. The molecule has 0 saturated heterocycles. The second-order valence-corrected chi connectivity index (χ2v) is 3.71. The number of aromatic nitrogens is 1. The molecule has 0 aliphatic heterocycles. The molecule has 0 aliphatic carbocycles. The van der Waals surface area contributed by atoms with E-state index >= 15 is 0 Å². The van der Waals surface area contributed by atoms with Crippen molar-refractivity contribution in [3.63, 3.8) is 0 Å². The number of ketones is 1. The van der Waals surface area contributed by atoms with Gasteiger partial charge < -0.3 is 9.90 Å². The van der Waals surface area contributed by atoms with E-state index in [4.69, 9.17) is 5.11 Å². The van der Waals surface area contributed by atoms with Gasteiger partial charge >= 0.3 is 5.97 Å². The summed E-state index contributed by atoms with van der Waals surface area (Å²) in [7, 11) is 0. The maximum atomic E-state index is 11.3. The topological polar surface area (TPSA) is 84.3 Å². The molecule has 0 spiro atoms. The van der Waals surface area contributed by atoms with Gasteiger partial charge in [0.1, 0.15) is 12.2 Å². The minimum Gasteiger partial charge on any atom is -0.475 e. The van der Waals surface area contributed by atoms with E-state index in [1.54, 1.807) is 18.2 Å². The first-order valence-corrected chi connectivity index (χ1v) is 5.21. The summed E-state index contributed by atoms with van der Waals surface area (Å²) in [5.74, 6) is -4.16. The number of hydrogen-bond acceptors (Lipinski definition) is 4. The van der Waals surface area contributed by atoms with E-state index in [2.05, 4.69) is 4.98 Å². The number of nitrogens with zero attached hydrogens (tertiary/aromatic N) is 1. The van der Waals surface area contributed by atoms with Gasteiger partial charge in [-0.2, -0.15) is 0 Å². The number of aliphatic carboxylic acids is 1. The van der Waals surface area contributed by atoms with E-state index in [1.165, 1.54) is 6.07 Å². The first kappa shape index (κ1) is 11.9. The smallest absolute Gasteiger partial charge is 0.373 e. The molecule has 0 aliphatic rings. The molecule has 2 aromatic rings. The van der Waals surface area contributed by atoms with Crippen LogP contribution in [0.5, 0.6) is 0 Å². The Labute approximate surface area is 102 Å². The summed E-state index contributed by atoms with van der Waals surface area (Å²) in [6.45, 7) is 0. The number of pyridine rings is 1. The van der Waals surface area contributed by atoms with E-state index in [9.17, 15) is 14.4 Å². The zero-order valence-corrected chi connectivity index (χ0v) is 9.24. The molecule has 18 heavy (non-hydrogen) atoms. The van der Waals surface area contributed by atoms with Gasteiger partial charge in [0.25, 0.3) is 5.78 Å². The number of para-hydroxylation sites is 1. The molecule has 0 fully saturated rings. The number of benzene rings is 1. The van der Waals surface area contributed by atoms with Crippen molar-refractivity contribution in [3.05, 3.63) is 42.1 Å². The molecule has 0 saturated carbocycles. The van der Waals surface area contributed by atoms with Crippen molar-refractivity contribution in [2.24, 2.45) is 0 Å². The van der Waals surface area contributed by atoms with Crippen LogP contribution in [0.3, 0.4) is 0 Å². The standard InChI is InChI=1S/C13H9NO4/c15-7-9(12(16)13(17)18)11-6-5-8-3-1-2-4-10(8)14-11/h1-7,9H,(H,17,18). The normalized spacial score (nSPS) is 12.0. The third-order valence-electron chi connectivity index (χ3n) is 2.57. The summed E-state index contributed by atoms with van der Waals surface area (Å²) in [4.78, 5) is 36.9. The van der Waals surface area contributed by atoms with Crippen LogP contribution in [0.25, 0.3) is 10.9 Å². The third kappa shape index (κ3) is 2.10. The van der Waals surface area contributed by atoms with Crippen LogP contribution in [0, 0.1) is 0 Å². The van der Waals surface area contributed by atoms with Crippen LogP contribution in [-0.2, 0) is 14.4 Å². The first-order valence-electron chi connectivity index (χ1n) is 5.21. The van der Waals surface area contributed by atoms with Crippen molar-refractivity contribution in [1.29, 1.82) is 0 Å². The molecule has 0 amide bonds. The average Bonchev–Trinajstić information content (AvgIpc) is 2.39. The first-order chi connectivity index (χ1) is 8.63. The number of aldehydes is 1. The number of carboxylic acids is 1. The van der Waals surface area contributed by atoms with E-state index < -0.39 is 17.7 Å². The summed E-state index contributed by atoms with van der Waals surface area (Å²) < 4.78 is 0. The Morgan fingerprint density at radius 1 is 1.17 bits per heavy atom. The van der Waals surface area contributed by atoms with Gasteiger partial charge in [0, 0.05) is 5.39 Å². The highest BCUT2D eigenvalue weighted by molar-refractivity contribution is 6.38. The number of rotatable bonds is 4. The van der Waals surface area contributed by atoms with Crippen LogP contribution in [0.2, 0.25) is 0 Å². The Hall–Kier alpha value is -2.56. The molecular formula is C13H9NO4. The molecule has 5 nitrogen and oxygen atoms in total. The van der Waals surface area contributed by atoms with Crippen LogP contribution in [0.15, 0.2) is 36.4 Å². The van der Waals surface area contributed by atoms with Crippen molar-refractivity contribution >= 4 is 28.9 Å². The Kier molecular flexibility index (Phi) is 3.14. The van der Waals surface area contributed by atoms with Crippen LogP contribution < -0.4 is 0 Å². The van der Waals surface area contributed by atoms with Gasteiger partial charge in [0.05, 0.1) is 11.2 Å². The van der Waals surface area contributed by atoms with E-state index in [-0.39, 0.29) is 5.69 Å². The highest BCUT2D eigenvalue weighted by Crippen LogP contribution is 2.17. The molecule has 0 bridgehead atoms. The van der Waals surface area contributed by atoms with Gasteiger partial charge in [-0.1, -0.05) is 24.3 Å². The van der Waals surface area contributed by atoms with Crippen molar-refractivity contribution < 1.29 is 19.5 Å². The molecule has 1 aromatic carbocycles. The molecule has 5 heteroatoms. The Bertz CT molecular complexity index is 636. The molecule has 2 rings (SSSR count). The van der Waals surface area contributed by atoms with Crippen molar-refractivity contribution in [2.45, 2.75) is 5.92 Å². The molecular weight excluding hydrogens is 234 g/mol. The zero-order valence-electron chi connectivity index (χ0n) is 9.24. The average molecular weight is 243 g/mol. The van der Waals surface area contributed by atoms with Crippen molar-refractivity contribution in [2.75, 3.05) is 0 Å². The quantitative estimate of drug-likeness (QED) is 0.495. The van der Waals surface area contributed by atoms with Gasteiger partial charge in [-0.3, -0.25) is 9.78 Å². The fourth-order valence-electron chi connectivity index (χ4n) is 1.65. The predicted octanol–water partition coefficient (Wildman–Crippen LogP) is 1.17. The molecule has 1 aromatic heterocycles. The minimum atomic E-state index is -1.64. The molecule has 90 valence electrons. The summed E-state index contributed by atoms with van der Waals surface area (Å²) in [5.41, 5.74) is 0.760. The van der Waals surface area contributed by atoms with Crippen LogP contribution in [-0.4, -0.2) is 28.1 Å². The molecule has 1 heterocycles. The second-order valence-electron chi connectivity index (χ2n) is 3.71. The lowest BCUT2D eigenvalue weighted by molar-refractivity contribution is -0.150. The molecule has 0 radical (unpaired) electrons. The van der Waals surface area contributed by atoms with Gasteiger partial charge in [-0.25, -0.2) is 4.79 Å². The monoisotopic (exact) mass is 243 g/mol. The number of carbonyl (C=O) groups is 3. The van der Waals surface area contributed by atoms with Gasteiger partial charge in [0.15, 0.2) is 0 Å². The fraction of sp³-hybridized carbons (Fsp3) is 0.0769. The maximum absolute atomic E-state index is 11.3. The largest absolute Gasteiger partial charge is 0.475 e. The highest BCUT2D eigenvalue weighted by Gasteiger charge is 2.27. The van der Waals surface area contributed by atoms with Crippen molar-refractivity contribution in [1.82, 2.24) is 4.98 Å². The lowest BCUT2D eigenvalue weighted by Crippen LogP contribution is -2.23. The highest BCUT2D eigenvalue weighted by atomic mass is 16.4. The second kappa shape index (κ2) is 4.75. The van der Waals surface area contributed by atoms with E-state index in [0.717, 1.165) is 5.39 Å². The molecule has 1 N–H and O–H groups in total. The maximum Gasteiger partial charge on any atom is 0.373 e. The third-order valence-corrected chi connectivity index (χ3v) is 2.57. The summed E-state index contributed by atoms with van der Waals surface area (Å²) in [6.07, 6.45) is 0.299. The number of fused-ring (bicyclic) bond motifs is 1. The van der Waals surface area contributed by atoms with Gasteiger partial charge in [0.2, 0.25) is 0 Å². The zero-order chi connectivity index (χ0) is 13.1. The number of hydrogen-bond donors (Lipinski definition) is 1. The van der Waals surface area contributed by atoms with Gasteiger partial charge in [-0.15, -0.1) is 0 Å². The number of carboxylic acid groups (broad SMARTS) is 1. The molecule has 1 atom stereocenters. The van der Waals surface area contributed by atoms with Gasteiger partial charge in [-0.05, 0) is 12.1 Å². The summed E-state index contributed by atoms with van der Waals surface area (Å²) >= 11 is 0. The Morgan fingerprint density at radius 3 is 2.56 bits per heavy atom. The van der Waals surface area contributed by atoms with E-state index in [0.29, 0.717) is 11.8 Å². The molecule has 1 unspecified atom stereocenters. The SMILES string of the molecule is O=CC(C(=O)C(=O)O)c1ccc2ccccc2n1. The fourth-order valence-corrected chi connectivity index (χ4v) is 1.65. The van der Waals surface area contributed by atoms with Crippen LogP contribution in [0.1, 0.15) is 11.6 Å². The van der Waals surface area contributed by atoms with Crippen LogP contribution >= 0.6 is 0 Å². The predicted molar refractivity (Wildman–Crippen MR) is 63.2 cm³/mol. The Morgan fingerprint density at radius 2 is 1.89 bits per heavy atom. The number of Topliss-reactive ketones (excluding diaryl/α,β-unsaturated/α-hetero) is 1. The van der Waals surface area contributed by atoms with Crippen LogP contribution in [0.4, 0.5) is 0 Å².